The number of alkyl carbamates (subject to hydrolysis) is 1. The molecular formula is C30H41N3O7. The Kier molecular flexibility index (Phi) is 11.5. The van der Waals surface area contributed by atoms with E-state index in [1.54, 1.807) is 46.8 Å². The van der Waals surface area contributed by atoms with E-state index in [1.165, 1.54) is 18.1 Å². The van der Waals surface area contributed by atoms with Gasteiger partial charge >= 0.3 is 12.1 Å². The van der Waals surface area contributed by atoms with E-state index < -0.39 is 54.1 Å². The molecule has 0 saturated carbocycles. The number of nitrogens with zero attached hydrogens (tertiary/aromatic N) is 1. The molecule has 0 spiro atoms. The molecule has 2 aromatic carbocycles. The fourth-order valence-corrected chi connectivity index (χ4v) is 4.09. The van der Waals surface area contributed by atoms with Crippen LogP contribution in [0.15, 0.2) is 48.5 Å². The number of carbonyl (C=O) groups is 4. The highest BCUT2D eigenvalue weighted by Crippen LogP contribution is 2.29. The lowest BCUT2D eigenvalue weighted by Gasteiger charge is -2.38. The van der Waals surface area contributed by atoms with E-state index in [-0.39, 0.29) is 12.2 Å². The normalized spacial score (nSPS) is 13.4. The summed E-state index contributed by atoms with van der Waals surface area (Å²) in [7, 11) is 1.21. The van der Waals surface area contributed by atoms with Gasteiger partial charge in [-0.25, -0.2) is 4.79 Å². The van der Waals surface area contributed by atoms with E-state index in [0.29, 0.717) is 17.5 Å². The number of amides is 3. The molecule has 0 aromatic heterocycles. The Morgan fingerprint density at radius 2 is 1.70 bits per heavy atom. The van der Waals surface area contributed by atoms with E-state index >= 15 is 0 Å². The van der Waals surface area contributed by atoms with Crippen molar-refractivity contribution in [3.05, 3.63) is 65.2 Å². The van der Waals surface area contributed by atoms with Crippen LogP contribution in [0, 0.1) is 6.92 Å². The van der Waals surface area contributed by atoms with Crippen LogP contribution in [0.4, 0.5) is 4.79 Å². The molecule has 0 radical (unpaired) electrons. The van der Waals surface area contributed by atoms with Crippen LogP contribution in [0.25, 0.3) is 0 Å². The standard InChI is InChI=1S/C30H41N3O7/c1-8-20(3)33(26(27(36)31-18-25(35)39-7)22-14-15-24(34)19(2)16-22)28(37)23(17-21-12-10-9-11-13-21)32-29(38)40-30(4,5)6/h9-16,20,23,26,34H,8,17-18H2,1-7H3,(H,31,36)(H,32,38). The van der Waals surface area contributed by atoms with E-state index in [4.69, 9.17) is 4.74 Å². The Balaban J connectivity index is 2.60. The van der Waals surface area contributed by atoms with Gasteiger partial charge in [-0.1, -0.05) is 43.3 Å². The van der Waals surface area contributed by atoms with Crippen LogP contribution in [-0.4, -0.2) is 65.2 Å². The predicted molar refractivity (Wildman–Crippen MR) is 151 cm³/mol. The van der Waals surface area contributed by atoms with Crippen LogP contribution in [0.1, 0.15) is 63.8 Å². The second-order valence-corrected chi connectivity index (χ2v) is 10.6. The summed E-state index contributed by atoms with van der Waals surface area (Å²) in [5.74, 6) is -1.73. The van der Waals surface area contributed by atoms with Crippen molar-refractivity contribution >= 4 is 23.9 Å². The second-order valence-electron chi connectivity index (χ2n) is 10.6. The van der Waals surface area contributed by atoms with Crippen LogP contribution in [0.5, 0.6) is 5.75 Å². The highest BCUT2D eigenvalue weighted by Gasteiger charge is 2.39. The van der Waals surface area contributed by atoms with Crippen molar-refractivity contribution in [3.8, 4) is 5.75 Å². The minimum absolute atomic E-state index is 0.0347. The zero-order valence-corrected chi connectivity index (χ0v) is 24.3. The fourth-order valence-electron chi connectivity index (χ4n) is 4.09. The molecule has 0 fully saturated rings. The Bertz CT molecular complexity index is 1180. The smallest absolute Gasteiger partial charge is 0.408 e. The summed E-state index contributed by atoms with van der Waals surface area (Å²) < 4.78 is 10.1. The Labute approximate surface area is 236 Å². The molecule has 0 aliphatic rings. The van der Waals surface area contributed by atoms with E-state index in [2.05, 4.69) is 15.4 Å². The number of nitrogens with one attached hydrogen (secondary N) is 2. The maximum absolute atomic E-state index is 14.3. The van der Waals surface area contributed by atoms with Crippen LogP contribution in [0.3, 0.4) is 0 Å². The molecule has 40 heavy (non-hydrogen) atoms. The largest absolute Gasteiger partial charge is 0.508 e. The van der Waals surface area contributed by atoms with Gasteiger partial charge in [-0.2, -0.15) is 0 Å². The van der Waals surface area contributed by atoms with Crippen LogP contribution in [0.2, 0.25) is 0 Å². The molecule has 3 unspecified atom stereocenters. The van der Waals surface area contributed by atoms with Crippen LogP contribution in [-0.2, 0) is 30.3 Å². The number of hydrogen-bond donors (Lipinski definition) is 3. The van der Waals surface area contributed by atoms with Crippen molar-refractivity contribution in [2.45, 2.75) is 78.1 Å². The van der Waals surface area contributed by atoms with E-state index in [0.717, 1.165) is 5.56 Å². The SMILES string of the molecule is CCC(C)N(C(=O)C(Cc1ccccc1)NC(=O)OC(C)(C)C)C(C(=O)NCC(=O)OC)c1ccc(O)c(C)c1. The first-order chi connectivity index (χ1) is 18.8. The summed E-state index contributed by atoms with van der Waals surface area (Å²) in [6.45, 7) is 10.1. The molecule has 218 valence electrons. The van der Waals surface area contributed by atoms with Crippen molar-refractivity contribution < 1.29 is 33.8 Å². The number of aromatic hydroxyl groups is 1. The number of esters is 1. The van der Waals surface area contributed by atoms with Crippen molar-refractivity contribution in [1.82, 2.24) is 15.5 Å². The van der Waals surface area contributed by atoms with Crippen LogP contribution >= 0.6 is 0 Å². The maximum atomic E-state index is 14.3. The lowest BCUT2D eigenvalue weighted by molar-refractivity contribution is -0.146. The van der Waals surface area contributed by atoms with Gasteiger partial charge in [-0.15, -0.1) is 0 Å². The molecule has 3 amide bonds. The fraction of sp³-hybridized carbons (Fsp3) is 0.467. The third kappa shape index (κ3) is 9.29. The van der Waals surface area contributed by atoms with Gasteiger partial charge in [0.2, 0.25) is 11.8 Å². The quantitative estimate of drug-likeness (QED) is 0.359. The highest BCUT2D eigenvalue weighted by atomic mass is 16.6. The lowest BCUT2D eigenvalue weighted by atomic mass is 9.96. The number of carbonyl (C=O) groups excluding carboxylic acids is 4. The number of ether oxygens (including phenoxy) is 2. The summed E-state index contributed by atoms with van der Waals surface area (Å²) >= 11 is 0. The summed E-state index contributed by atoms with van der Waals surface area (Å²) in [6.07, 6.45) is -0.122. The number of methoxy groups -OCH3 is 1. The van der Waals surface area contributed by atoms with Crippen molar-refractivity contribution in [2.75, 3.05) is 13.7 Å². The third-order valence-corrected chi connectivity index (χ3v) is 6.29. The molecule has 10 heteroatoms. The first-order valence-electron chi connectivity index (χ1n) is 13.3. The lowest BCUT2D eigenvalue weighted by Crippen LogP contribution is -2.56. The van der Waals surface area contributed by atoms with E-state index in [1.807, 2.05) is 37.3 Å². The molecule has 2 rings (SSSR count). The molecule has 0 heterocycles. The van der Waals surface area contributed by atoms with Gasteiger partial charge in [0.1, 0.15) is 30.0 Å². The highest BCUT2D eigenvalue weighted by molar-refractivity contribution is 5.93. The number of phenolic OH excluding ortho intramolecular Hbond substituents is 1. The van der Waals surface area contributed by atoms with Gasteiger partial charge in [0.05, 0.1) is 7.11 Å². The number of benzene rings is 2. The topological polar surface area (TPSA) is 134 Å². The monoisotopic (exact) mass is 555 g/mol. The minimum atomic E-state index is -1.18. The summed E-state index contributed by atoms with van der Waals surface area (Å²) in [5.41, 5.74) is 0.948. The number of rotatable bonds is 11. The summed E-state index contributed by atoms with van der Waals surface area (Å²) in [6, 6.07) is 11.1. The number of hydrogen-bond acceptors (Lipinski definition) is 7. The van der Waals surface area contributed by atoms with Gasteiger partial charge in [-0.05, 0) is 69.9 Å². The molecule has 0 saturated heterocycles. The first-order valence-corrected chi connectivity index (χ1v) is 13.3. The third-order valence-electron chi connectivity index (χ3n) is 6.29. The molecule has 2 aromatic rings. The maximum Gasteiger partial charge on any atom is 0.408 e. The molecule has 3 N–H and O–H groups in total. The number of aryl methyl sites for hydroxylation is 1. The van der Waals surface area contributed by atoms with Gasteiger partial charge in [-0.3, -0.25) is 14.4 Å². The van der Waals surface area contributed by atoms with Gasteiger partial charge in [0, 0.05) is 12.5 Å². The van der Waals surface area contributed by atoms with Crippen molar-refractivity contribution in [1.29, 1.82) is 0 Å². The predicted octanol–water partition coefficient (Wildman–Crippen LogP) is 3.79. The average molecular weight is 556 g/mol. The minimum Gasteiger partial charge on any atom is -0.508 e. The number of phenols is 1. The van der Waals surface area contributed by atoms with Gasteiger partial charge in [0.15, 0.2) is 0 Å². The molecule has 0 aliphatic heterocycles. The molecule has 0 bridgehead atoms. The zero-order valence-electron chi connectivity index (χ0n) is 24.3. The first kappa shape index (κ1) is 32.1. The van der Waals surface area contributed by atoms with E-state index in [9.17, 15) is 24.3 Å². The molecule has 0 aliphatic carbocycles. The van der Waals surface area contributed by atoms with Gasteiger partial charge in [0.25, 0.3) is 0 Å². The van der Waals surface area contributed by atoms with Crippen molar-refractivity contribution in [3.63, 3.8) is 0 Å². The Morgan fingerprint density at radius 3 is 2.25 bits per heavy atom. The molecule has 3 atom stereocenters. The second kappa shape index (κ2) is 14.3. The average Bonchev–Trinajstić information content (AvgIpc) is 2.90. The Hall–Kier alpha value is -4.08. The van der Waals surface area contributed by atoms with Crippen LogP contribution < -0.4 is 10.6 Å². The summed E-state index contributed by atoms with van der Waals surface area (Å²) in [5, 5.41) is 15.4. The molecular weight excluding hydrogens is 514 g/mol. The van der Waals surface area contributed by atoms with Gasteiger partial charge < -0.3 is 30.1 Å². The summed E-state index contributed by atoms with van der Waals surface area (Å²) in [4.78, 5) is 54.0. The Morgan fingerprint density at radius 1 is 1.05 bits per heavy atom. The van der Waals surface area contributed by atoms with Crippen molar-refractivity contribution in [2.24, 2.45) is 0 Å². The zero-order chi connectivity index (χ0) is 30.0. The molecule has 10 nitrogen and oxygen atoms in total.